The quantitative estimate of drug-likeness (QED) is 0.805. The molecular formula is C15H20O4S. The molecular weight excluding hydrogens is 276 g/mol. The number of hydrogen-bond donors (Lipinski definition) is 0. The summed E-state index contributed by atoms with van der Waals surface area (Å²) >= 11 is 0. The predicted molar refractivity (Wildman–Crippen MR) is 75.1 cm³/mol. The summed E-state index contributed by atoms with van der Waals surface area (Å²) in [6.07, 6.45) is 6.80. The van der Waals surface area contributed by atoms with E-state index in [0.29, 0.717) is 4.90 Å². The van der Waals surface area contributed by atoms with Crippen LogP contribution in [0.15, 0.2) is 29.2 Å². The lowest BCUT2D eigenvalue weighted by Crippen LogP contribution is -2.28. The van der Waals surface area contributed by atoms with Crippen molar-refractivity contribution in [2.45, 2.75) is 48.4 Å². The summed E-state index contributed by atoms with van der Waals surface area (Å²) in [5, 5.41) is 0. The molecule has 1 spiro atoms. The summed E-state index contributed by atoms with van der Waals surface area (Å²) in [6, 6.07) is 6.87. The van der Waals surface area contributed by atoms with Gasteiger partial charge in [-0.05, 0) is 25.0 Å². The zero-order chi connectivity index (χ0) is 14.4. The first-order valence-corrected chi connectivity index (χ1v) is 8.89. The molecule has 4 nitrogen and oxygen atoms in total. The van der Waals surface area contributed by atoms with E-state index in [4.69, 9.17) is 9.47 Å². The third-order valence-electron chi connectivity index (χ3n) is 4.51. The molecule has 1 aliphatic heterocycles. The molecule has 1 aromatic carbocycles. The average Bonchev–Trinajstić information content (AvgIpc) is 3.07. The Bertz CT molecular complexity index is 599. The van der Waals surface area contributed by atoms with Crippen molar-refractivity contribution in [1.29, 1.82) is 0 Å². The first kappa shape index (κ1) is 14.0. The molecule has 1 atom stereocenters. The molecule has 1 saturated heterocycles. The van der Waals surface area contributed by atoms with E-state index in [2.05, 4.69) is 0 Å². The Morgan fingerprint density at radius 3 is 2.20 bits per heavy atom. The SMILES string of the molecule is COC1(c2ccc(S(C)(=O)=O)cc2)OC12CCCCC2. The van der Waals surface area contributed by atoms with E-state index in [1.165, 1.54) is 12.7 Å². The molecule has 20 heavy (non-hydrogen) atoms. The Hall–Kier alpha value is -0.910. The van der Waals surface area contributed by atoms with Crippen LogP contribution in [0.1, 0.15) is 37.7 Å². The Kier molecular flexibility index (Phi) is 3.19. The van der Waals surface area contributed by atoms with Crippen LogP contribution in [0.4, 0.5) is 0 Å². The van der Waals surface area contributed by atoms with E-state index in [1.807, 2.05) is 12.1 Å². The second kappa shape index (κ2) is 4.55. The predicted octanol–water partition coefficient (Wildman–Crippen LogP) is 2.62. The molecule has 0 radical (unpaired) electrons. The second-order valence-electron chi connectivity index (χ2n) is 5.77. The number of hydrogen-bond acceptors (Lipinski definition) is 4. The topological polar surface area (TPSA) is 55.9 Å². The van der Waals surface area contributed by atoms with E-state index in [-0.39, 0.29) is 5.60 Å². The van der Waals surface area contributed by atoms with Crippen LogP contribution >= 0.6 is 0 Å². The largest absolute Gasteiger partial charge is 0.347 e. The second-order valence-corrected chi connectivity index (χ2v) is 7.79. The van der Waals surface area contributed by atoms with E-state index in [1.54, 1.807) is 19.2 Å². The van der Waals surface area contributed by atoms with Crippen molar-refractivity contribution < 1.29 is 17.9 Å². The number of methoxy groups -OCH3 is 1. The summed E-state index contributed by atoms with van der Waals surface area (Å²) in [5.41, 5.74) is 0.710. The lowest BCUT2D eigenvalue weighted by Gasteiger charge is -2.23. The monoisotopic (exact) mass is 296 g/mol. The van der Waals surface area contributed by atoms with Crippen LogP contribution in [0.5, 0.6) is 0 Å². The van der Waals surface area contributed by atoms with E-state index in [9.17, 15) is 8.42 Å². The molecule has 2 aliphatic rings. The summed E-state index contributed by atoms with van der Waals surface area (Å²) in [6.45, 7) is 0. The first-order valence-electron chi connectivity index (χ1n) is 6.99. The molecule has 1 aliphatic carbocycles. The number of sulfone groups is 1. The standard InChI is InChI=1S/C15H20O4S/c1-18-15(14(19-15)10-4-3-5-11-14)12-6-8-13(9-7-12)20(2,16)17/h6-9H,3-5,10-11H2,1-2H3. The van der Waals surface area contributed by atoms with Gasteiger partial charge in [0.2, 0.25) is 5.79 Å². The number of epoxide rings is 1. The van der Waals surface area contributed by atoms with Crippen molar-refractivity contribution >= 4 is 9.84 Å². The van der Waals surface area contributed by atoms with Crippen molar-refractivity contribution in [3.63, 3.8) is 0 Å². The lowest BCUT2D eigenvalue weighted by molar-refractivity contribution is -0.0154. The molecule has 1 unspecified atom stereocenters. The maximum absolute atomic E-state index is 11.5. The minimum Gasteiger partial charge on any atom is -0.347 e. The van der Waals surface area contributed by atoms with Gasteiger partial charge in [-0.2, -0.15) is 0 Å². The van der Waals surface area contributed by atoms with Crippen LogP contribution in [0.2, 0.25) is 0 Å². The summed E-state index contributed by atoms with van der Waals surface area (Å²) in [5.74, 6) is -0.677. The highest BCUT2D eigenvalue weighted by molar-refractivity contribution is 7.90. The molecule has 3 rings (SSSR count). The van der Waals surface area contributed by atoms with E-state index >= 15 is 0 Å². The van der Waals surface area contributed by atoms with Gasteiger partial charge in [0.05, 0.1) is 4.90 Å². The van der Waals surface area contributed by atoms with Gasteiger partial charge in [-0.3, -0.25) is 0 Å². The molecule has 5 heteroatoms. The van der Waals surface area contributed by atoms with Crippen molar-refractivity contribution in [2.75, 3.05) is 13.4 Å². The summed E-state index contributed by atoms with van der Waals surface area (Å²) in [7, 11) is -1.51. The fourth-order valence-corrected chi connectivity index (χ4v) is 4.02. The normalized spacial score (nSPS) is 28.5. The minimum absolute atomic E-state index is 0.202. The van der Waals surface area contributed by atoms with Crippen LogP contribution in [0, 0.1) is 0 Å². The molecule has 1 aromatic rings. The molecule has 110 valence electrons. The van der Waals surface area contributed by atoms with Crippen molar-refractivity contribution in [2.24, 2.45) is 0 Å². The van der Waals surface area contributed by atoms with Crippen molar-refractivity contribution in [3.05, 3.63) is 29.8 Å². The molecule has 2 fully saturated rings. The van der Waals surface area contributed by atoms with Crippen molar-refractivity contribution in [3.8, 4) is 0 Å². The zero-order valence-electron chi connectivity index (χ0n) is 11.9. The van der Waals surface area contributed by atoms with Gasteiger partial charge in [0.25, 0.3) is 0 Å². The zero-order valence-corrected chi connectivity index (χ0v) is 12.7. The number of rotatable bonds is 3. The average molecular weight is 296 g/mol. The van der Waals surface area contributed by atoms with E-state index in [0.717, 1.165) is 31.2 Å². The maximum atomic E-state index is 11.5. The highest BCUT2D eigenvalue weighted by atomic mass is 32.2. The highest BCUT2D eigenvalue weighted by Crippen LogP contribution is 2.62. The van der Waals surface area contributed by atoms with Gasteiger partial charge in [0.1, 0.15) is 5.60 Å². The van der Waals surface area contributed by atoms with Crippen LogP contribution in [-0.4, -0.2) is 27.4 Å². The minimum atomic E-state index is -3.17. The molecule has 0 aromatic heterocycles. The smallest absolute Gasteiger partial charge is 0.225 e. The first-order chi connectivity index (χ1) is 9.44. The molecule has 1 saturated carbocycles. The third-order valence-corrected chi connectivity index (χ3v) is 5.64. The molecule has 0 bridgehead atoms. The van der Waals surface area contributed by atoms with Gasteiger partial charge in [-0.15, -0.1) is 0 Å². The van der Waals surface area contributed by atoms with Gasteiger partial charge in [0, 0.05) is 18.9 Å². The Morgan fingerprint density at radius 1 is 1.10 bits per heavy atom. The Balaban J connectivity index is 1.92. The lowest BCUT2D eigenvalue weighted by atomic mass is 9.82. The van der Waals surface area contributed by atoms with Crippen molar-refractivity contribution in [1.82, 2.24) is 0 Å². The highest BCUT2D eigenvalue weighted by Gasteiger charge is 2.71. The van der Waals surface area contributed by atoms with Gasteiger partial charge < -0.3 is 9.47 Å². The summed E-state index contributed by atoms with van der Waals surface area (Å²) < 4.78 is 34.7. The van der Waals surface area contributed by atoms with Crippen LogP contribution in [0.25, 0.3) is 0 Å². The fraction of sp³-hybridized carbons (Fsp3) is 0.600. The van der Waals surface area contributed by atoms with Gasteiger partial charge in [0.15, 0.2) is 9.84 Å². The number of ether oxygens (including phenoxy) is 2. The van der Waals surface area contributed by atoms with Gasteiger partial charge in [-0.25, -0.2) is 8.42 Å². The van der Waals surface area contributed by atoms with Gasteiger partial charge >= 0.3 is 0 Å². The Morgan fingerprint density at radius 2 is 1.70 bits per heavy atom. The molecule has 1 heterocycles. The van der Waals surface area contributed by atoms with Gasteiger partial charge in [-0.1, -0.05) is 31.4 Å². The Labute approximate surface area is 120 Å². The van der Waals surface area contributed by atoms with Crippen LogP contribution in [0.3, 0.4) is 0 Å². The van der Waals surface area contributed by atoms with E-state index < -0.39 is 15.6 Å². The van der Waals surface area contributed by atoms with Crippen LogP contribution < -0.4 is 0 Å². The third kappa shape index (κ3) is 2.00. The summed E-state index contributed by atoms with van der Waals surface area (Å²) in [4.78, 5) is 0.325. The maximum Gasteiger partial charge on any atom is 0.225 e. The van der Waals surface area contributed by atoms with Crippen LogP contribution in [-0.2, 0) is 25.1 Å². The fourth-order valence-electron chi connectivity index (χ4n) is 3.39. The molecule has 0 N–H and O–H groups in total. The molecule has 0 amide bonds. The number of benzene rings is 1.